The number of benzene rings is 1. The van der Waals surface area contributed by atoms with Crippen molar-refractivity contribution in [2.75, 3.05) is 12.4 Å². The van der Waals surface area contributed by atoms with Crippen LogP contribution in [-0.2, 0) is 0 Å². The van der Waals surface area contributed by atoms with Crippen molar-refractivity contribution in [3.05, 3.63) is 47.4 Å². The number of methoxy groups -OCH3 is 1. The third-order valence-corrected chi connectivity index (χ3v) is 5.21. The third-order valence-electron chi connectivity index (χ3n) is 5.01. The summed E-state index contributed by atoms with van der Waals surface area (Å²) in [5.41, 5.74) is 1.85. The van der Waals surface area contributed by atoms with Gasteiger partial charge in [-0.3, -0.25) is 14.5 Å². The SMILES string of the molecule is CCC.COc1cc2nn(C3CCCCC3)cc2cc1NC(=O)c1cncc(Cl)c1. The summed E-state index contributed by atoms with van der Waals surface area (Å²) < 4.78 is 7.53. The summed E-state index contributed by atoms with van der Waals surface area (Å²) in [7, 11) is 1.58. The second-order valence-electron chi connectivity index (χ2n) is 7.57. The van der Waals surface area contributed by atoms with Gasteiger partial charge in [0.2, 0.25) is 0 Å². The number of pyridine rings is 1. The summed E-state index contributed by atoms with van der Waals surface area (Å²) in [6, 6.07) is 5.79. The largest absolute Gasteiger partial charge is 0.494 e. The Labute approximate surface area is 182 Å². The number of aromatic nitrogens is 3. The molecule has 1 amide bonds. The van der Waals surface area contributed by atoms with Crippen LogP contribution in [0.4, 0.5) is 5.69 Å². The average Bonchev–Trinajstić information content (AvgIpc) is 3.17. The molecular weight excluding hydrogens is 400 g/mol. The van der Waals surface area contributed by atoms with Crippen LogP contribution < -0.4 is 10.1 Å². The lowest BCUT2D eigenvalue weighted by molar-refractivity contribution is 0.102. The maximum Gasteiger partial charge on any atom is 0.257 e. The number of anilines is 1. The number of rotatable bonds is 4. The van der Waals surface area contributed by atoms with Gasteiger partial charge < -0.3 is 10.1 Å². The maximum absolute atomic E-state index is 12.5. The zero-order chi connectivity index (χ0) is 21.5. The molecule has 0 atom stereocenters. The van der Waals surface area contributed by atoms with E-state index in [0.717, 1.165) is 23.7 Å². The molecule has 30 heavy (non-hydrogen) atoms. The standard InChI is InChI=1S/C20H21ClN4O2.C3H8/c1-27-19-9-17-14(12-25(24-17)16-5-3-2-4-6-16)8-18(19)23-20(26)13-7-15(21)11-22-10-13;1-3-2/h7-12,16H,2-6H2,1H3,(H,23,26);3H2,1-2H3. The van der Waals surface area contributed by atoms with Crippen LogP contribution in [0.3, 0.4) is 0 Å². The van der Waals surface area contributed by atoms with Crippen molar-refractivity contribution >= 4 is 34.1 Å². The van der Waals surface area contributed by atoms with Gasteiger partial charge in [-0.2, -0.15) is 5.10 Å². The van der Waals surface area contributed by atoms with E-state index >= 15 is 0 Å². The fourth-order valence-electron chi connectivity index (χ4n) is 3.60. The van der Waals surface area contributed by atoms with Crippen molar-refractivity contribution in [1.29, 1.82) is 0 Å². The normalized spacial score (nSPS) is 14.1. The topological polar surface area (TPSA) is 69.0 Å². The number of hydrogen-bond donors (Lipinski definition) is 1. The number of hydrogen-bond acceptors (Lipinski definition) is 4. The van der Waals surface area contributed by atoms with Crippen molar-refractivity contribution < 1.29 is 9.53 Å². The number of ether oxygens (including phenoxy) is 1. The van der Waals surface area contributed by atoms with Gasteiger partial charge in [0.1, 0.15) is 5.75 Å². The second-order valence-corrected chi connectivity index (χ2v) is 8.00. The Balaban J connectivity index is 0.000000806. The summed E-state index contributed by atoms with van der Waals surface area (Å²) in [4.78, 5) is 16.5. The first kappa shape index (κ1) is 22.1. The summed E-state index contributed by atoms with van der Waals surface area (Å²) in [5, 5.41) is 9.01. The molecule has 0 radical (unpaired) electrons. The number of fused-ring (bicyclic) bond motifs is 1. The Morgan fingerprint density at radius 3 is 2.60 bits per heavy atom. The Morgan fingerprint density at radius 1 is 1.20 bits per heavy atom. The van der Waals surface area contributed by atoms with Crippen LogP contribution in [-0.4, -0.2) is 27.8 Å². The summed E-state index contributed by atoms with van der Waals surface area (Å²) >= 11 is 5.93. The van der Waals surface area contributed by atoms with Crippen LogP contribution in [0, 0.1) is 0 Å². The van der Waals surface area contributed by atoms with Crippen molar-refractivity contribution in [3.63, 3.8) is 0 Å². The minimum absolute atomic E-state index is 0.290. The number of nitrogens with one attached hydrogen (secondary N) is 1. The van der Waals surface area contributed by atoms with E-state index in [2.05, 4.69) is 35.0 Å². The number of halogens is 1. The van der Waals surface area contributed by atoms with Gasteiger partial charge in [-0.25, -0.2) is 0 Å². The van der Waals surface area contributed by atoms with E-state index < -0.39 is 0 Å². The molecule has 160 valence electrons. The maximum atomic E-state index is 12.5. The van der Waals surface area contributed by atoms with Gasteiger partial charge in [0.05, 0.1) is 34.9 Å². The molecule has 3 aromatic rings. The van der Waals surface area contributed by atoms with Gasteiger partial charge in [0.25, 0.3) is 5.91 Å². The molecule has 1 aromatic carbocycles. The summed E-state index contributed by atoms with van der Waals surface area (Å²) in [6.45, 7) is 4.25. The van der Waals surface area contributed by atoms with Crippen molar-refractivity contribution in [3.8, 4) is 5.75 Å². The molecule has 0 spiro atoms. The Morgan fingerprint density at radius 2 is 1.93 bits per heavy atom. The van der Waals surface area contributed by atoms with E-state index in [1.165, 1.54) is 38.1 Å². The van der Waals surface area contributed by atoms with E-state index in [-0.39, 0.29) is 5.91 Å². The molecule has 2 heterocycles. The number of amides is 1. The van der Waals surface area contributed by atoms with Crippen molar-refractivity contribution in [1.82, 2.24) is 14.8 Å². The first-order valence-electron chi connectivity index (χ1n) is 10.5. The summed E-state index contributed by atoms with van der Waals surface area (Å²) in [6.07, 6.45) is 12.4. The highest BCUT2D eigenvalue weighted by molar-refractivity contribution is 6.30. The highest BCUT2D eigenvalue weighted by Gasteiger charge is 2.18. The minimum atomic E-state index is -0.290. The van der Waals surface area contributed by atoms with Gasteiger partial charge in [-0.15, -0.1) is 0 Å². The zero-order valence-electron chi connectivity index (χ0n) is 17.8. The zero-order valence-corrected chi connectivity index (χ0v) is 18.6. The molecule has 0 aliphatic heterocycles. The number of carbonyl (C=O) groups excluding carboxylic acids is 1. The minimum Gasteiger partial charge on any atom is -0.494 e. The van der Waals surface area contributed by atoms with Crippen LogP contribution in [0.25, 0.3) is 10.9 Å². The predicted molar refractivity (Wildman–Crippen MR) is 122 cm³/mol. The molecule has 0 bridgehead atoms. The molecule has 7 heteroatoms. The van der Waals surface area contributed by atoms with Crippen LogP contribution in [0.2, 0.25) is 5.02 Å². The smallest absolute Gasteiger partial charge is 0.257 e. The fourth-order valence-corrected chi connectivity index (χ4v) is 3.78. The quantitative estimate of drug-likeness (QED) is 0.531. The van der Waals surface area contributed by atoms with Crippen LogP contribution >= 0.6 is 11.6 Å². The highest BCUT2D eigenvalue weighted by Crippen LogP contribution is 2.33. The molecule has 6 nitrogen and oxygen atoms in total. The van der Waals surface area contributed by atoms with Crippen molar-refractivity contribution in [2.24, 2.45) is 0 Å². The van der Waals surface area contributed by atoms with Crippen LogP contribution in [0.5, 0.6) is 5.75 Å². The molecule has 0 saturated heterocycles. The molecule has 1 aliphatic carbocycles. The monoisotopic (exact) mass is 428 g/mol. The van der Waals surface area contributed by atoms with E-state index in [4.69, 9.17) is 21.4 Å². The molecule has 1 fully saturated rings. The molecule has 4 rings (SSSR count). The van der Waals surface area contributed by atoms with Crippen LogP contribution in [0.1, 0.15) is 68.8 Å². The van der Waals surface area contributed by atoms with Gasteiger partial charge in [-0.1, -0.05) is 51.1 Å². The lowest BCUT2D eigenvalue weighted by Gasteiger charge is -2.21. The second kappa shape index (κ2) is 10.4. The van der Waals surface area contributed by atoms with Crippen molar-refractivity contribution in [2.45, 2.75) is 58.4 Å². The fraction of sp³-hybridized carbons (Fsp3) is 0.435. The van der Waals surface area contributed by atoms with Gasteiger partial charge >= 0.3 is 0 Å². The lowest BCUT2D eigenvalue weighted by Crippen LogP contribution is -2.13. The predicted octanol–water partition coefficient (Wildman–Crippen LogP) is 6.27. The Kier molecular flexibility index (Phi) is 7.69. The van der Waals surface area contributed by atoms with E-state index in [0.29, 0.717) is 28.1 Å². The van der Waals surface area contributed by atoms with E-state index in [1.54, 1.807) is 13.2 Å². The third kappa shape index (κ3) is 5.30. The number of nitrogens with zero attached hydrogens (tertiary/aromatic N) is 3. The molecule has 1 saturated carbocycles. The van der Waals surface area contributed by atoms with Gasteiger partial charge in [-0.05, 0) is 25.0 Å². The highest BCUT2D eigenvalue weighted by atomic mass is 35.5. The van der Waals surface area contributed by atoms with E-state index in [1.807, 2.05) is 12.1 Å². The first-order chi connectivity index (χ1) is 14.5. The van der Waals surface area contributed by atoms with Crippen LogP contribution in [0.15, 0.2) is 36.8 Å². The molecule has 0 unspecified atom stereocenters. The average molecular weight is 429 g/mol. The molecule has 2 aromatic heterocycles. The van der Waals surface area contributed by atoms with Gasteiger partial charge in [0.15, 0.2) is 0 Å². The molecule has 1 N–H and O–H groups in total. The lowest BCUT2D eigenvalue weighted by atomic mass is 9.96. The molecule has 1 aliphatic rings. The van der Waals surface area contributed by atoms with E-state index in [9.17, 15) is 4.79 Å². The molecular formula is C23H29ClN4O2. The van der Waals surface area contributed by atoms with Gasteiger partial charge in [0, 0.05) is 30.0 Å². The Hall–Kier alpha value is -2.60. The number of carbonyl (C=O) groups is 1. The summed E-state index contributed by atoms with van der Waals surface area (Å²) in [5.74, 6) is 0.280. The Bertz CT molecular complexity index is 996. The first-order valence-corrected chi connectivity index (χ1v) is 10.9.